The molecule has 118 valence electrons. The van der Waals surface area contributed by atoms with E-state index in [0.29, 0.717) is 13.1 Å². The molecule has 6 heteroatoms. The molecule has 0 bridgehead atoms. The van der Waals surface area contributed by atoms with Gasteiger partial charge in [-0.3, -0.25) is 4.98 Å². The van der Waals surface area contributed by atoms with Crippen LogP contribution in [0.4, 0.5) is 4.79 Å². The van der Waals surface area contributed by atoms with Crippen molar-refractivity contribution < 1.29 is 4.79 Å². The molecule has 22 heavy (non-hydrogen) atoms. The molecule has 0 aliphatic carbocycles. The Morgan fingerprint density at radius 1 is 1.23 bits per heavy atom. The minimum absolute atomic E-state index is 0.139. The topological polar surface area (TPSA) is 66.9 Å². The summed E-state index contributed by atoms with van der Waals surface area (Å²) in [5.41, 5.74) is 2.15. The number of aromatic nitrogens is 2. The van der Waals surface area contributed by atoms with E-state index in [1.54, 1.807) is 17.5 Å². The van der Waals surface area contributed by atoms with Crippen molar-refractivity contribution in [3.05, 3.63) is 45.7 Å². The average molecular weight is 318 g/mol. The Kier molecular flexibility index (Phi) is 6.33. The summed E-state index contributed by atoms with van der Waals surface area (Å²) < 4.78 is 0. The smallest absolute Gasteiger partial charge is 0.314 e. The lowest BCUT2D eigenvalue weighted by molar-refractivity contribution is 0.241. The molecule has 2 aromatic rings. The molecule has 0 atom stereocenters. The van der Waals surface area contributed by atoms with E-state index >= 15 is 0 Å². The minimum atomic E-state index is -0.139. The van der Waals surface area contributed by atoms with Gasteiger partial charge in [0.15, 0.2) is 0 Å². The molecule has 2 heterocycles. The van der Waals surface area contributed by atoms with Gasteiger partial charge in [0, 0.05) is 42.7 Å². The SMILES string of the molecule is CCc1nc(CCNC(=O)NCCc2ccccn2)sc1C. The zero-order valence-corrected chi connectivity index (χ0v) is 13.9. The van der Waals surface area contributed by atoms with E-state index in [0.717, 1.165) is 30.0 Å². The number of amides is 2. The Morgan fingerprint density at radius 3 is 2.64 bits per heavy atom. The lowest BCUT2D eigenvalue weighted by Crippen LogP contribution is -2.37. The standard InChI is InChI=1S/C16H22N4OS/c1-3-14-12(2)22-15(20-14)8-11-19-16(21)18-10-7-13-6-4-5-9-17-13/h4-6,9H,3,7-8,10-11H2,1-2H3,(H2,18,19,21). The Bertz CT molecular complexity index is 597. The van der Waals surface area contributed by atoms with Crippen molar-refractivity contribution in [2.75, 3.05) is 13.1 Å². The van der Waals surface area contributed by atoms with E-state index < -0.39 is 0 Å². The Balaban J connectivity index is 1.63. The van der Waals surface area contributed by atoms with Crippen molar-refractivity contribution in [3.63, 3.8) is 0 Å². The predicted octanol–water partition coefficient (Wildman–Crippen LogP) is 2.49. The van der Waals surface area contributed by atoms with Gasteiger partial charge in [0.05, 0.1) is 10.7 Å². The first kappa shape index (κ1) is 16.4. The van der Waals surface area contributed by atoms with Crippen LogP contribution < -0.4 is 10.6 Å². The summed E-state index contributed by atoms with van der Waals surface area (Å²) in [7, 11) is 0. The van der Waals surface area contributed by atoms with Gasteiger partial charge < -0.3 is 10.6 Å². The van der Waals surface area contributed by atoms with Crippen LogP contribution in [-0.4, -0.2) is 29.1 Å². The van der Waals surface area contributed by atoms with Crippen molar-refractivity contribution in [1.82, 2.24) is 20.6 Å². The zero-order chi connectivity index (χ0) is 15.8. The molecule has 2 rings (SSSR count). The van der Waals surface area contributed by atoms with E-state index in [9.17, 15) is 4.79 Å². The number of hydrogen-bond acceptors (Lipinski definition) is 4. The molecule has 0 aromatic carbocycles. The molecule has 0 saturated carbocycles. The summed E-state index contributed by atoms with van der Waals surface area (Å²) in [6.07, 6.45) is 4.23. The number of hydrogen-bond donors (Lipinski definition) is 2. The molecule has 2 amide bonds. The number of urea groups is 1. The first-order valence-corrected chi connectivity index (χ1v) is 8.37. The van der Waals surface area contributed by atoms with Crippen LogP contribution in [0.5, 0.6) is 0 Å². The van der Waals surface area contributed by atoms with E-state index in [2.05, 4.69) is 34.4 Å². The van der Waals surface area contributed by atoms with Gasteiger partial charge in [-0.15, -0.1) is 11.3 Å². The summed E-state index contributed by atoms with van der Waals surface area (Å²) >= 11 is 1.71. The summed E-state index contributed by atoms with van der Waals surface area (Å²) in [6, 6.07) is 5.65. The average Bonchev–Trinajstić information content (AvgIpc) is 2.88. The maximum Gasteiger partial charge on any atom is 0.314 e. The molecular formula is C16H22N4OS. The van der Waals surface area contributed by atoms with Gasteiger partial charge in [0.1, 0.15) is 0 Å². The molecule has 0 saturated heterocycles. The maximum atomic E-state index is 11.7. The number of pyridine rings is 1. The van der Waals surface area contributed by atoms with Crippen molar-refractivity contribution in [1.29, 1.82) is 0 Å². The number of carbonyl (C=O) groups excluding carboxylic acids is 1. The molecule has 0 fully saturated rings. The van der Waals surface area contributed by atoms with Crippen molar-refractivity contribution >= 4 is 17.4 Å². The molecule has 5 nitrogen and oxygen atoms in total. The highest BCUT2D eigenvalue weighted by atomic mass is 32.1. The minimum Gasteiger partial charge on any atom is -0.338 e. The Hall–Kier alpha value is -1.95. The van der Waals surface area contributed by atoms with Gasteiger partial charge in [-0.05, 0) is 25.5 Å². The summed E-state index contributed by atoms with van der Waals surface area (Å²) in [5.74, 6) is 0. The highest BCUT2D eigenvalue weighted by Crippen LogP contribution is 2.17. The fourth-order valence-electron chi connectivity index (χ4n) is 2.12. The number of aryl methyl sites for hydroxylation is 2. The molecule has 0 aliphatic heterocycles. The summed E-state index contributed by atoms with van der Waals surface area (Å²) in [6.45, 7) is 5.39. The Morgan fingerprint density at radius 2 is 2.00 bits per heavy atom. The number of thiazole rings is 1. The van der Waals surface area contributed by atoms with Crippen LogP contribution in [0, 0.1) is 6.92 Å². The first-order chi connectivity index (χ1) is 10.7. The fraction of sp³-hybridized carbons (Fsp3) is 0.438. The van der Waals surface area contributed by atoms with Crippen LogP contribution in [0.1, 0.15) is 28.2 Å². The van der Waals surface area contributed by atoms with Gasteiger partial charge in [-0.2, -0.15) is 0 Å². The normalized spacial score (nSPS) is 10.5. The third-order valence-corrected chi connectivity index (χ3v) is 4.36. The highest BCUT2D eigenvalue weighted by Gasteiger charge is 2.06. The third-order valence-electron chi connectivity index (χ3n) is 3.29. The van der Waals surface area contributed by atoms with Crippen LogP contribution in [0.3, 0.4) is 0 Å². The van der Waals surface area contributed by atoms with Crippen molar-refractivity contribution in [2.24, 2.45) is 0 Å². The largest absolute Gasteiger partial charge is 0.338 e. The van der Waals surface area contributed by atoms with Crippen molar-refractivity contribution in [3.8, 4) is 0 Å². The predicted molar refractivity (Wildman–Crippen MR) is 89.3 cm³/mol. The lowest BCUT2D eigenvalue weighted by Gasteiger charge is -2.06. The number of nitrogens with one attached hydrogen (secondary N) is 2. The summed E-state index contributed by atoms with van der Waals surface area (Å²) in [4.78, 5) is 21.8. The van der Waals surface area contributed by atoms with Crippen LogP contribution in [0.15, 0.2) is 24.4 Å². The van der Waals surface area contributed by atoms with Crippen LogP contribution in [0.2, 0.25) is 0 Å². The van der Waals surface area contributed by atoms with Crippen molar-refractivity contribution in [2.45, 2.75) is 33.1 Å². The molecular weight excluding hydrogens is 296 g/mol. The van der Waals surface area contributed by atoms with Gasteiger partial charge >= 0.3 is 6.03 Å². The zero-order valence-electron chi connectivity index (χ0n) is 13.1. The van der Waals surface area contributed by atoms with Gasteiger partial charge in [-0.1, -0.05) is 13.0 Å². The van der Waals surface area contributed by atoms with E-state index in [1.165, 1.54) is 10.6 Å². The second-order valence-electron chi connectivity index (χ2n) is 4.97. The molecule has 2 N–H and O–H groups in total. The second kappa shape index (κ2) is 8.48. The first-order valence-electron chi connectivity index (χ1n) is 7.55. The second-order valence-corrected chi connectivity index (χ2v) is 6.26. The molecule has 0 unspecified atom stereocenters. The maximum absolute atomic E-state index is 11.7. The summed E-state index contributed by atoms with van der Waals surface area (Å²) in [5, 5.41) is 6.78. The number of rotatable bonds is 7. The van der Waals surface area contributed by atoms with E-state index in [-0.39, 0.29) is 6.03 Å². The van der Waals surface area contributed by atoms with Crippen LogP contribution in [-0.2, 0) is 19.3 Å². The number of nitrogens with zero attached hydrogens (tertiary/aromatic N) is 2. The molecule has 0 aliphatic rings. The third kappa shape index (κ3) is 5.11. The van der Waals surface area contributed by atoms with E-state index in [4.69, 9.17) is 0 Å². The molecule has 0 radical (unpaired) electrons. The fourth-order valence-corrected chi connectivity index (χ4v) is 3.14. The quantitative estimate of drug-likeness (QED) is 0.824. The molecule has 2 aromatic heterocycles. The lowest BCUT2D eigenvalue weighted by atomic mass is 10.3. The van der Waals surface area contributed by atoms with Gasteiger partial charge in [0.25, 0.3) is 0 Å². The molecule has 0 spiro atoms. The highest BCUT2D eigenvalue weighted by molar-refractivity contribution is 7.11. The number of carbonyl (C=O) groups is 1. The van der Waals surface area contributed by atoms with Gasteiger partial charge in [-0.25, -0.2) is 9.78 Å². The van der Waals surface area contributed by atoms with Crippen LogP contribution >= 0.6 is 11.3 Å². The Labute approximate surface area is 135 Å². The monoisotopic (exact) mass is 318 g/mol. The van der Waals surface area contributed by atoms with Gasteiger partial charge in [0.2, 0.25) is 0 Å². The van der Waals surface area contributed by atoms with Crippen LogP contribution in [0.25, 0.3) is 0 Å². The van der Waals surface area contributed by atoms with E-state index in [1.807, 2.05) is 18.2 Å².